The summed E-state index contributed by atoms with van der Waals surface area (Å²) in [5.41, 5.74) is 5.22. The first-order chi connectivity index (χ1) is 27.1. The average molecular weight is 765 g/mol. The highest BCUT2D eigenvalue weighted by atomic mass is 16.5. The Hall–Kier alpha value is -5.06. The van der Waals surface area contributed by atoms with Crippen LogP contribution in [0.25, 0.3) is 11.1 Å². The Bertz CT molecular complexity index is 1830. The molecule has 10 nitrogen and oxygen atoms in total. The first-order valence-corrected chi connectivity index (χ1v) is 20.1. The van der Waals surface area contributed by atoms with Crippen molar-refractivity contribution in [3.05, 3.63) is 108 Å². The van der Waals surface area contributed by atoms with Gasteiger partial charge in [-0.3, -0.25) is 4.79 Å². The third-order valence-electron chi connectivity index (χ3n) is 9.75. The highest BCUT2D eigenvalue weighted by Gasteiger charge is 2.30. The summed E-state index contributed by atoms with van der Waals surface area (Å²) in [6.45, 7) is 18.1. The molecule has 0 radical (unpaired) electrons. The van der Waals surface area contributed by atoms with Crippen LogP contribution in [0.5, 0.6) is 17.2 Å². The number of nitrogens with zero attached hydrogens (tertiary/aromatic N) is 1. The average Bonchev–Trinajstić information content (AvgIpc) is 3.50. The number of fused-ring (bicyclic) bond motifs is 3. The van der Waals surface area contributed by atoms with Gasteiger partial charge in [-0.15, -0.1) is 0 Å². The van der Waals surface area contributed by atoms with E-state index in [2.05, 4.69) is 65.9 Å². The number of ether oxygens (including phenoxy) is 4. The lowest BCUT2D eigenvalue weighted by Gasteiger charge is -2.27. The van der Waals surface area contributed by atoms with Gasteiger partial charge < -0.3 is 39.8 Å². The molecule has 0 aromatic heterocycles. The molecule has 1 aliphatic rings. The molecule has 0 bridgehead atoms. The van der Waals surface area contributed by atoms with Gasteiger partial charge in [0.2, 0.25) is 5.91 Å². The Labute approximate surface area is 333 Å². The van der Waals surface area contributed by atoms with Gasteiger partial charge >= 0.3 is 6.09 Å². The van der Waals surface area contributed by atoms with Crippen LogP contribution in [0.3, 0.4) is 0 Å². The molecule has 0 spiro atoms. The Kier molecular flexibility index (Phi) is 15.6. The summed E-state index contributed by atoms with van der Waals surface area (Å²) >= 11 is 0. The highest BCUT2D eigenvalue weighted by molar-refractivity contribution is 5.93. The molecular weight excluding hydrogens is 705 g/mol. The van der Waals surface area contributed by atoms with E-state index in [0.717, 1.165) is 67.8 Å². The molecule has 3 N–H and O–H groups in total. The lowest BCUT2D eigenvalue weighted by molar-refractivity contribution is -0.116. The Morgan fingerprint density at radius 1 is 0.786 bits per heavy atom. The third kappa shape index (κ3) is 12.0. The lowest BCUT2D eigenvalue weighted by atomic mass is 9.98. The lowest BCUT2D eigenvalue weighted by Crippen LogP contribution is -2.34. The van der Waals surface area contributed by atoms with Gasteiger partial charge in [0.15, 0.2) is 0 Å². The van der Waals surface area contributed by atoms with Crippen molar-refractivity contribution in [3.8, 4) is 28.4 Å². The number of nitrogens with one attached hydrogen (secondary N) is 3. The summed E-state index contributed by atoms with van der Waals surface area (Å²) in [6, 6.07) is 28.6. The van der Waals surface area contributed by atoms with Crippen molar-refractivity contribution in [1.29, 1.82) is 0 Å². The fraction of sp³-hybridized carbons (Fsp3) is 0.435. The van der Waals surface area contributed by atoms with Crippen LogP contribution in [-0.4, -0.2) is 75.0 Å². The van der Waals surface area contributed by atoms with Gasteiger partial charge in [0, 0.05) is 24.1 Å². The van der Waals surface area contributed by atoms with E-state index in [1.54, 1.807) is 0 Å². The van der Waals surface area contributed by atoms with Crippen molar-refractivity contribution in [3.63, 3.8) is 0 Å². The number of rotatable bonds is 21. The number of carbonyl (C=O) groups is 2. The van der Waals surface area contributed by atoms with E-state index in [1.807, 2.05) is 87.5 Å². The summed E-state index contributed by atoms with van der Waals surface area (Å²) in [6.07, 6.45) is 0.991. The van der Waals surface area contributed by atoms with Crippen LogP contribution in [0.4, 0.5) is 10.5 Å². The number of alkyl carbamates (subject to hydrolysis) is 1. The molecule has 0 saturated heterocycles. The zero-order chi connectivity index (χ0) is 39.9. The number of anilines is 1. The molecule has 56 heavy (non-hydrogen) atoms. The predicted molar refractivity (Wildman–Crippen MR) is 224 cm³/mol. The van der Waals surface area contributed by atoms with E-state index in [1.165, 1.54) is 0 Å². The van der Waals surface area contributed by atoms with Crippen LogP contribution in [0, 0.1) is 0 Å². The minimum atomic E-state index is -0.762. The van der Waals surface area contributed by atoms with Crippen LogP contribution in [0.15, 0.2) is 91.0 Å². The van der Waals surface area contributed by atoms with Gasteiger partial charge in [0.1, 0.15) is 29.5 Å². The molecule has 2 amide bonds. The van der Waals surface area contributed by atoms with Crippen molar-refractivity contribution in [2.24, 2.45) is 0 Å². The molecule has 1 atom stereocenters. The van der Waals surface area contributed by atoms with E-state index in [0.29, 0.717) is 41.7 Å². The second-order valence-corrected chi connectivity index (χ2v) is 15.0. The highest BCUT2D eigenvalue weighted by Crippen LogP contribution is 2.44. The summed E-state index contributed by atoms with van der Waals surface area (Å²) in [5.74, 6) is 1.35. The van der Waals surface area contributed by atoms with E-state index in [-0.39, 0.29) is 24.9 Å². The minimum Gasteiger partial charge on any atom is -0.493 e. The number of hydrogen-bond donors (Lipinski definition) is 3. The van der Waals surface area contributed by atoms with Crippen LogP contribution in [-0.2, 0) is 9.53 Å². The summed E-state index contributed by atoms with van der Waals surface area (Å²) in [5, 5.41) is 9.38. The molecular formula is C46H60N4O6. The molecule has 300 valence electrons. The monoisotopic (exact) mass is 764 g/mol. The molecule has 0 aliphatic heterocycles. The first kappa shape index (κ1) is 42.1. The topological polar surface area (TPSA) is 110 Å². The number of amides is 2. The zero-order valence-corrected chi connectivity index (χ0v) is 34.0. The maximum Gasteiger partial charge on any atom is 0.407 e. The largest absolute Gasteiger partial charge is 0.493 e. The molecule has 5 rings (SSSR count). The van der Waals surface area contributed by atoms with Crippen LogP contribution in [0.2, 0.25) is 0 Å². The number of hydrogen-bond acceptors (Lipinski definition) is 8. The number of carbonyl (C=O) groups excluding carboxylic acids is 2. The predicted octanol–water partition coefficient (Wildman–Crippen LogP) is 8.96. The molecule has 0 fully saturated rings. The van der Waals surface area contributed by atoms with Crippen molar-refractivity contribution >= 4 is 17.7 Å². The summed E-state index contributed by atoms with van der Waals surface area (Å²) in [4.78, 5) is 30.0. The molecule has 10 heteroatoms. The van der Waals surface area contributed by atoms with Crippen LogP contribution >= 0.6 is 0 Å². The Morgan fingerprint density at radius 3 is 2.12 bits per heavy atom. The fourth-order valence-electron chi connectivity index (χ4n) is 6.99. The second-order valence-electron chi connectivity index (χ2n) is 15.0. The summed E-state index contributed by atoms with van der Waals surface area (Å²) in [7, 11) is 0. The normalized spacial score (nSPS) is 12.8. The van der Waals surface area contributed by atoms with Gasteiger partial charge in [-0.05, 0) is 100 Å². The minimum absolute atomic E-state index is 0.0851. The maximum atomic E-state index is 14.0. The molecule has 1 aliphatic carbocycles. The van der Waals surface area contributed by atoms with Gasteiger partial charge in [-0.2, -0.15) is 0 Å². The number of benzene rings is 4. The van der Waals surface area contributed by atoms with E-state index < -0.39 is 17.7 Å². The third-order valence-corrected chi connectivity index (χ3v) is 9.75. The first-order valence-electron chi connectivity index (χ1n) is 20.1. The van der Waals surface area contributed by atoms with Crippen molar-refractivity contribution < 1.29 is 28.5 Å². The Balaban J connectivity index is 1.32. The van der Waals surface area contributed by atoms with Gasteiger partial charge in [0.25, 0.3) is 0 Å². The Morgan fingerprint density at radius 2 is 1.45 bits per heavy atom. The standard InChI is InChI=1S/C46H60N4O6/c1-7-47-26-16-28-54-43-30-33(53-29-17-27-50(8-2)9-3)24-25-40(43)48-44(51)31-41(38-22-14-15-23-42(38)56-46(4,5)6)49-45(52)55-32-39-36-20-12-10-18-34(36)35-19-11-13-21-37(35)39/h10-15,18-25,30,39,41,47H,7-9,16-17,26-29,31-32H2,1-6H3,(H,48,51)(H,49,52). The van der Waals surface area contributed by atoms with Crippen molar-refractivity contribution in [1.82, 2.24) is 15.5 Å². The fourth-order valence-corrected chi connectivity index (χ4v) is 6.99. The van der Waals surface area contributed by atoms with Gasteiger partial charge in [-0.1, -0.05) is 87.5 Å². The molecule has 0 heterocycles. The molecule has 4 aromatic rings. The smallest absolute Gasteiger partial charge is 0.407 e. The maximum absolute atomic E-state index is 14.0. The SMILES string of the molecule is CCNCCCOc1cc(OCCCN(CC)CC)ccc1NC(=O)CC(NC(=O)OCC1c2ccccc2-c2ccccc21)c1ccccc1OC(C)(C)C. The van der Waals surface area contributed by atoms with Crippen molar-refractivity contribution in [2.45, 2.75) is 78.4 Å². The molecule has 1 unspecified atom stereocenters. The van der Waals surface area contributed by atoms with Crippen LogP contribution in [0.1, 0.15) is 89.5 Å². The van der Waals surface area contributed by atoms with E-state index in [9.17, 15) is 9.59 Å². The van der Waals surface area contributed by atoms with Gasteiger partial charge in [0.05, 0.1) is 31.4 Å². The van der Waals surface area contributed by atoms with Crippen LogP contribution < -0.4 is 30.2 Å². The second kappa shape index (κ2) is 20.7. The van der Waals surface area contributed by atoms with Gasteiger partial charge in [-0.25, -0.2) is 4.79 Å². The zero-order valence-electron chi connectivity index (χ0n) is 34.0. The molecule has 4 aromatic carbocycles. The quantitative estimate of drug-likeness (QED) is 0.0722. The van der Waals surface area contributed by atoms with E-state index in [4.69, 9.17) is 18.9 Å². The molecule has 0 saturated carbocycles. The number of para-hydroxylation sites is 1. The summed E-state index contributed by atoms with van der Waals surface area (Å²) < 4.78 is 24.6. The van der Waals surface area contributed by atoms with Crippen molar-refractivity contribution in [2.75, 3.05) is 57.9 Å². The van der Waals surface area contributed by atoms with E-state index >= 15 is 0 Å².